The molecule has 0 saturated heterocycles. The van der Waals surface area contributed by atoms with Gasteiger partial charge in [0.05, 0.1) is 16.6 Å². The average molecular weight is 277 g/mol. The Morgan fingerprint density at radius 1 is 1.35 bits per heavy atom. The molecule has 0 aromatic heterocycles. The van der Waals surface area contributed by atoms with Gasteiger partial charge in [-0.15, -0.1) is 0 Å². The number of aryl methyl sites for hydroxylation is 1. The van der Waals surface area contributed by atoms with Crippen LogP contribution in [0.5, 0.6) is 0 Å². The van der Waals surface area contributed by atoms with Crippen molar-refractivity contribution in [2.45, 2.75) is 31.8 Å². The van der Waals surface area contributed by atoms with Gasteiger partial charge in [-0.1, -0.05) is 6.07 Å². The van der Waals surface area contributed by atoms with Crippen LogP contribution < -0.4 is 0 Å². The van der Waals surface area contributed by atoms with E-state index in [1.54, 1.807) is 20.8 Å². The first kappa shape index (κ1) is 14.0. The van der Waals surface area contributed by atoms with Crippen LogP contribution in [-0.2, 0) is 13.8 Å². The van der Waals surface area contributed by atoms with Gasteiger partial charge >= 0.3 is 5.97 Å². The minimum atomic E-state index is -3.84. The van der Waals surface area contributed by atoms with Crippen molar-refractivity contribution in [2.75, 3.05) is 0 Å². The van der Waals surface area contributed by atoms with Crippen LogP contribution >= 0.6 is 10.7 Å². The molecule has 1 rings (SSSR count). The number of halogens is 1. The molecule has 0 N–H and O–H groups in total. The molecular weight excluding hydrogens is 264 g/mol. The molecule has 0 amide bonds. The molecule has 0 aliphatic carbocycles. The van der Waals surface area contributed by atoms with E-state index in [2.05, 4.69) is 0 Å². The monoisotopic (exact) mass is 276 g/mol. The summed E-state index contributed by atoms with van der Waals surface area (Å²) in [6.07, 6.45) is -0.266. The first-order chi connectivity index (χ1) is 7.71. The van der Waals surface area contributed by atoms with Crippen LogP contribution in [0.1, 0.15) is 29.8 Å². The van der Waals surface area contributed by atoms with Crippen LogP contribution in [-0.4, -0.2) is 20.5 Å². The van der Waals surface area contributed by atoms with Crippen molar-refractivity contribution in [3.05, 3.63) is 29.3 Å². The third-order valence-electron chi connectivity index (χ3n) is 2.05. The maximum absolute atomic E-state index is 11.7. The zero-order valence-electron chi connectivity index (χ0n) is 9.73. The molecule has 1 aromatic carbocycles. The number of carbonyl (C=O) groups excluding carboxylic acids is 1. The maximum atomic E-state index is 11.7. The number of carbonyl (C=O) groups is 1. The van der Waals surface area contributed by atoms with Crippen molar-refractivity contribution in [1.82, 2.24) is 0 Å². The molecule has 6 heteroatoms. The molecule has 0 aliphatic heterocycles. The van der Waals surface area contributed by atoms with E-state index in [0.29, 0.717) is 5.56 Å². The largest absolute Gasteiger partial charge is 0.459 e. The Bertz CT molecular complexity index is 534. The smallest absolute Gasteiger partial charge is 0.338 e. The van der Waals surface area contributed by atoms with Crippen LogP contribution in [0.4, 0.5) is 0 Å². The van der Waals surface area contributed by atoms with Crippen molar-refractivity contribution in [1.29, 1.82) is 0 Å². The molecule has 0 heterocycles. The summed E-state index contributed by atoms with van der Waals surface area (Å²) >= 11 is 0. The van der Waals surface area contributed by atoms with E-state index in [9.17, 15) is 13.2 Å². The fraction of sp³-hybridized carbons (Fsp3) is 0.364. The zero-order chi connectivity index (χ0) is 13.2. The van der Waals surface area contributed by atoms with Crippen molar-refractivity contribution in [3.63, 3.8) is 0 Å². The van der Waals surface area contributed by atoms with Crippen LogP contribution in [0.3, 0.4) is 0 Å². The summed E-state index contributed by atoms with van der Waals surface area (Å²) in [7, 11) is 1.37. The lowest BCUT2D eigenvalue weighted by atomic mass is 10.1. The van der Waals surface area contributed by atoms with Gasteiger partial charge in [0.1, 0.15) is 0 Å². The van der Waals surface area contributed by atoms with E-state index in [-0.39, 0.29) is 16.6 Å². The Kier molecular flexibility index (Phi) is 4.16. The minimum absolute atomic E-state index is 0.111. The van der Waals surface area contributed by atoms with E-state index in [0.717, 1.165) is 0 Å². The van der Waals surface area contributed by atoms with E-state index >= 15 is 0 Å². The van der Waals surface area contributed by atoms with Crippen molar-refractivity contribution in [2.24, 2.45) is 0 Å². The fourth-order valence-electron chi connectivity index (χ4n) is 1.25. The van der Waals surface area contributed by atoms with Crippen molar-refractivity contribution >= 4 is 25.7 Å². The molecular formula is C11H13ClO4S. The lowest BCUT2D eigenvalue weighted by Crippen LogP contribution is -2.13. The summed E-state index contributed by atoms with van der Waals surface area (Å²) in [4.78, 5) is 11.6. The zero-order valence-corrected chi connectivity index (χ0v) is 11.3. The first-order valence-electron chi connectivity index (χ1n) is 4.98. The molecule has 0 spiro atoms. The summed E-state index contributed by atoms with van der Waals surface area (Å²) in [6, 6.07) is 4.10. The second-order valence-electron chi connectivity index (χ2n) is 3.87. The lowest BCUT2D eigenvalue weighted by Gasteiger charge is -2.10. The Balaban J connectivity index is 3.20. The van der Waals surface area contributed by atoms with Gasteiger partial charge in [-0.05, 0) is 38.5 Å². The number of rotatable bonds is 3. The van der Waals surface area contributed by atoms with Gasteiger partial charge in [0, 0.05) is 10.7 Å². The highest BCUT2D eigenvalue weighted by Crippen LogP contribution is 2.20. The van der Waals surface area contributed by atoms with Gasteiger partial charge in [0.25, 0.3) is 9.05 Å². The van der Waals surface area contributed by atoms with Crippen LogP contribution in [0, 0.1) is 6.92 Å². The number of esters is 1. The number of ether oxygens (including phenoxy) is 1. The van der Waals surface area contributed by atoms with Crippen LogP contribution in [0.15, 0.2) is 23.1 Å². The molecule has 1 aromatic rings. The Hall–Kier alpha value is -1.07. The molecule has 0 bridgehead atoms. The molecule has 4 nitrogen and oxygen atoms in total. The standard InChI is InChI=1S/C11H13ClO4S/c1-7(2)16-11(13)10-6-9(17(12,14)15)5-4-8(10)3/h4-7H,1-3H3. The van der Waals surface area contributed by atoms with Crippen molar-refractivity contribution in [3.8, 4) is 0 Å². The second-order valence-corrected chi connectivity index (χ2v) is 6.43. The highest BCUT2D eigenvalue weighted by molar-refractivity contribution is 8.13. The van der Waals surface area contributed by atoms with E-state index in [4.69, 9.17) is 15.4 Å². The third-order valence-corrected chi connectivity index (χ3v) is 3.40. The van der Waals surface area contributed by atoms with Gasteiger partial charge in [0.15, 0.2) is 0 Å². The van der Waals surface area contributed by atoms with E-state index in [1.165, 1.54) is 18.2 Å². The summed E-state index contributed by atoms with van der Waals surface area (Å²) in [5.41, 5.74) is 0.847. The fourth-order valence-corrected chi connectivity index (χ4v) is 2.03. The Morgan fingerprint density at radius 2 is 1.94 bits per heavy atom. The minimum Gasteiger partial charge on any atom is -0.459 e. The van der Waals surface area contributed by atoms with Crippen molar-refractivity contribution < 1.29 is 17.9 Å². The molecule has 0 radical (unpaired) electrons. The SMILES string of the molecule is Cc1ccc(S(=O)(=O)Cl)cc1C(=O)OC(C)C. The predicted molar refractivity (Wildman–Crippen MR) is 64.8 cm³/mol. The summed E-state index contributed by atoms with van der Waals surface area (Å²) < 4.78 is 27.3. The average Bonchev–Trinajstić information content (AvgIpc) is 2.15. The van der Waals surface area contributed by atoms with E-state index < -0.39 is 15.0 Å². The second kappa shape index (κ2) is 5.06. The molecule has 0 atom stereocenters. The Labute approximate surface area is 105 Å². The quantitative estimate of drug-likeness (QED) is 0.629. The van der Waals surface area contributed by atoms with Gasteiger partial charge in [-0.3, -0.25) is 0 Å². The molecule has 0 aliphatic rings. The van der Waals surface area contributed by atoms with Gasteiger partial charge < -0.3 is 4.74 Å². The summed E-state index contributed by atoms with van der Waals surface area (Å²) in [6.45, 7) is 5.13. The molecule has 94 valence electrons. The topological polar surface area (TPSA) is 60.4 Å². The molecule has 0 unspecified atom stereocenters. The predicted octanol–water partition coefficient (Wildman–Crippen LogP) is 2.49. The normalized spacial score (nSPS) is 11.6. The third kappa shape index (κ3) is 3.71. The molecule has 17 heavy (non-hydrogen) atoms. The molecule has 0 saturated carbocycles. The molecule has 0 fully saturated rings. The van der Waals surface area contributed by atoms with Gasteiger partial charge in [0.2, 0.25) is 0 Å². The van der Waals surface area contributed by atoms with Gasteiger partial charge in [-0.25, -0.2) is 13.2 Å². The number of hydrogen-bond acceptors (Lipinski definition) is 4. The van der Waals surface area contributed by atoms with Crippen LogP contribution in [0.2, 0.25) is 0 Å². The van der Waals surface area contributed by atoms with Crippen LogP contribution in [0.25, 0.3) is 0 Å². The number of hydrogen-bond donors (Lipinski definition) is 0. The van der Waals surface area contributed by atoms with E-state index in [1.807, 2.05) is 0 Å². The van der Waals surface area contributed by atoms with Gasteiger partial charge in [-0.2, -0.15) is 0 Å². The highest BCUT2D eigenvalue weighted by atomic mass is 35.7. The summed E-state index contributed by atoms with van der Waals surface area (Å²) in [5.74, 6) is -0.556. The Morgan fingerprint density at radius 3 is 2.41 bits per heavy atom. The number of benzene rings is 1. The maximum Gasteiger partial charge on any atom is 0.338 e. The summed E-state index contributed by atoms with van der Waals surface area (Å²) in [5, 5.41) is 0. The first-order valence-corrected chi connectivity index (χ1v) is 7.29. The lowest BCUT2D eigenvalue weighted by molar-refractivity contribution is 0.0377. The highest BCUT2D eigenvalue weighted by Gasteiger charge is 2.17.